The zero-order valence-electron chi connectivity index (χ0n) is 7.92. The molecule has 78 valence electrons. The molecular weight excluding hydrogens is 218 g/mol. The molecule has 1 atom stereocenters. The highest BCUT2D eigenvalue weighted by molar-refractivity contribution is 7.14. The number of halogens is 1. The summed E-state index contributed by atoms with van der Waals surface area (Å²) in [5, 5.41) is 10.0. The number of anilines is 1. The van der Waals surface area contributed by atoms with Crippen molar-refractivity contribution in [2.24, 2.45) is 5.92 Å². The van der Waals surface area contributed by atoms with Gasteiger partial charge in [0, 0.05) is 11.9 Å². The minimum atomic E-state index is 0.583. The van der Waals surface area contributed by atoms with E-state index in [1.54, 1.807) is 11.3 Å². The van der Waals surface area contributed by atoms with Crippen molar-refractivity contribution in [1.29, 1.82) is 0 Å². The van der Waals surface area contributed by atoms with Gasteiger partial charge in [-0.3, -0.25) is 0 Å². The zero-order valence-corrected chi connectivity index (χ0v) is 9.50. The van der Waals surface area contributed by atoms with Crippen LogP contribution in [-0.4, -0.2) is 24.6 Å². The molecule has 1 fully saturated rings. The second-order valence-corrected chi connectivity index (χ2v) is 4.80. The summed E-state index contributed by atoms with van der Waals surface area (Å²) >= 11 is 7.28. The normalized spacial score (nSPS) is 21.4. The Bertz CT molecular complexity index is 283. The van der Waals surface area contributed by atoms with Crippen LogP contribution in [0.25, 0.3) is 0 Å². The van der Waals surface area contributed by atoms with Crippen molar-refractivity contribution in [3.8, 4) is 0 Å². The number of nitrogens with one attached hydrogen (secondary N) is 2. The Morgan fingerprint density at radius 3 is 3.29 bits per heavy atom. The molecule has 0 aliphatic carbocycles. The number of rotatable bonds is 4. The van der Waals surface area contributed by atoms with Crippen molar-refractivity contribution >= 4 is 28.1 Å². The van der Waals surface area contributed by atoms with Gasteiger partial charge in [-0.2, -0.15) is 0 Å². The summed E-state index contributed by atoms with van der Waals surface area (Å²) in [7, 11) is 0. The fraction of sp³-hybridized carbons (Fsp3) is 0.667. The van der Waals surface area contributed by atoms with Gasteiger partial charge in [0.05, 0.1) is 0 Å². The predicted molar refractivity (Wildman–Crippen MR) is 61.2 cm³/mol. The van der Waals surface area contributed by atoms with Gasteiger partial charge in [-0.05, 0) is 31.8 Å². The molecule has 5 heteroatoms. The first-order chi connectivity index (χ1) is 6.84. The topological polar surface area (TPSA) is 37.0 Å². The van der Waals surface area contributed by atoms with E-state index in [2.05, 4.69) is 15.6 Å². The van der Waals surface area contributed by atoms with Crippen LogP contribution in [-0.2, 0) is 0 Å². The van der Waals surface area contributed by atoms with Crippen LogP contribution >= 0.6 is 22.9 Å². The highest BCUT2D eigenvalue weighted by atomic mass is 35.5. The Morgan fingerprint density at radius 1 is 1.71 bits per heavy atom. The number of hydrogen-bond donors (Lipinski definition) is 2. The summed E-state index contributed by atoms with van der Waals surface area (Å²) in [6.45, 7) is 3.34. The summed E-state index contributed by atoms with van der Waals surface area (Å²) < 4.78 is 0. The molecule has 2 rings (SSSR count). The van der Waals surface area contributed by atoms with Crippen molar-refractivity contribution in [1.82, 2.24) is 10.3 Å². The molecule has 0 amide bonds. The number of hydrogen-bond acceptors (Lipinski definition) is 4. The van der Waals surface area contributed by atoms with Crippen molar-refractivity contribution in [2.75, 3.05) is 25.0 Å². The minimum Gasteiger partial charge on any atom is -0.361 e. The monoisotopic (exact) mass is 231 g/mol. The summed E-state index contributed by atoms with van der Waals surface area (Å²) in [6.07, 6.45) is 2.52. The second kappa shape index (κ2) is 4.96. The average molecular weight is 232 g/mol. The first-order valence-corrected chi connectivity index (χ1v) is 6.16. The van der Waals surface area contributed by atoms with Crippen LogP contribution in [0.5, 0.6) is 0 Å². The maximum Gasteiger partial charge on any atom is 0.184 e. The van der Waals surface area contributed by atoms with Crippen LogP contribution < -0.4 is 10.6 Å². The number of nitrogens with zero attached hydrogens (tertiary/aromatic N) is 1. The van der Waals surface area contributed by atoms with Crippen molar-refractivity contribution in [2.45, 2.75) is 12.8 Å². The third-order valence-electron chi connectivity index (χ3n) is 2.47. The lowest BCUT2D eigenvalue weighted by Gasteiger charge is -2.07. The molecule has 1 aromatic rings. The van der Waals surface area contributed by atoms with E-state index in [-0.39, 0.29) is 0 Å². The Balaban J connectivity index is 1.67. The van der Waals surface area contributed by atoms with Gasteiger partial charge in [-0.1, -0.05) is 11.6 Å². The van der Waals surface area contributed by atoms with Crippen LogP contribution in [0.2, 0.25) is 5.15 Å². The van der Waals surface area contributed by atoms with Crippen molar-refractivity contribution < 1.29 is 0 Å². The van der Waals surface area contributed by atoms with Crippen LogP contribution in [0.3, 0.4) is 0 Å². The fourth-order valence-corrected chi connectivity index (χ4v) is 2.55. The molecule has 0 spiro atoms. The SMILES string of the molecule is Clc1csc(NCCC2CCNC2)n1. The fourth-order valence-electron chi connectivity index (χ4n) is 1.68. The van der Waals surface area contributed by atoms with Gasteiger partial charge >= 0.3 is 0 Å². The average Bonchev–Trinajstić information content (AvgIpc) is 2.77. The minimum absolute atomic E-state index is 0.583. The number of thiazole rings is 1. The Morgan fingerprint density at radius 2 is 2.64 bits per heavy atom. The molecule has 1 aliphatic rings. The second-order valence-electron chi connectivity index (χ2n) is 3.55. The van der Waals surface area contributed by atoms with E-state index in [0.29, 0.717) is 5.15 Å². The van der Waals surface area contributed by atoms with Gasteiger partial charge < -0.3 is 10.6 Å². The summed E-state index contributed by atoms with van der Waals surface area (Å²) in [6, 6.07) is 0. The van der Waals surface area contributed by atoms with Crippen LogP contribution in [0.4, 0.5) is 5.13 Å². The molecule has 1 aromatic heterocycles. The van der Waals surface area contributed by atoms with E-state index in [9.17, 15) is 0 Å². The van der Waals surface area contributed by atoms with Gasteiger partial charge in [0.2, 0.25) is 0 Å². The van der Waals surface area contributed by atoms with Crippen LogP contribution in [0.1, 0.15) is 12.8 Å². The lowest BCUT2D eigenvalue weighted by molar-refractivity contribution is 0.549. The third kappa shape index (κ3) is 2.83. The summed E-state index contributed by atoms with van der Waals surface area (Å²) in [5.41, 5.74) is 0. The first-order valence-electron chi connectivity index (χ1n) is 4.90. The maximum absolute atomic E-state index is 5.72. The lowest BCUT2D eigenvalue weighted by atomic mass is 10.1. The lowest BCUT2D eigenvalue weighted by Crippen LogP contribution is -2.12. The Kier molecular flexibility index (Phi) is 3.61. The van der Waals surface area contributed by atoms with E-state index in [1.807, 2.05) is 5.38 Å². The zero-order chi connectivity index (χ0) is 9.80. The molecule has 0 radical (unpaired) electrons. The third-order valence-corrected chi connectivity index (χ3v) is 3.59. The van der Waals surface area contributed by atoms with Gasteiger partial charge in [0.25, 0.3) is 0 Å². The first kappa shape index (κ1) is 10.2. The molecule has 2 N–H and O–H groups in total. The van der Waals surface area contributed by atoms with Crippen molar-refractivity contribution in [3.05, 3.63) is 10.5 Å². The van der Waals surface area contributed by atoms with Crippen molar-refractivity contribution in [3.63, 3.8) is 0 Å². The molecule has 1 aliphatic heterocycles. The molecule has 2 heterocycles. The molecule has 14 heavy (non-hydrogen) atoms. The molecule has 3 nitrogen and oxygen atoms in total. The Labute approximate surface area is 92.9 Å². The van der Waals surface area contributed by atoms with Gasteiger partial charge in [0.1, 0.15) is 5.15 Å². The van der Waals surface area contributed by atoms with Gasteiger partial charge in [-0.15, -0.1) is 11.3 Å². The van der Waals surface area contributed by atoms with Crippen LogP contribution in [0.15, 0.2) is 5.38 Å². The molecule has 0 bridgehead atoms. The van der Waals surface area contributed by atoms with Crippen LogP contribution in [0, 0.1) is 5.92 Å². The largest absolute Gasteiger partial charge is 0.361 e. The molecule has 0 saturated carbocycles. The van der Waals surface area contributed by atoms with E-state index in [4.69, 9.17) is 11.6 Å². The Hall–Kier alpha value is -0.320. The predicted octanol–water partition coefficient (Wildman–Crippen LogP) is 2.21. The van der Waals surface area contributed by atoms with E-state index < -0.39 is 0 Å². The molecule has 0 aromatic carbocycles. The maximum atomic E-state index is 5.72. The van der Waals surface area contributed by atoms with E-state index in [1.165, 1.54) is 25.9 Å². The molecular formula is C9H14ClN3S. The van der Waals surface area contributed by atoms with Gasteiger partial charge in [0.15, 0.2) is 5.13 Å². The molecule has 1 saturated heterocycles. The van der Waals surface area contributed by atoms with E-state index in [0.717, 1.165) is 17.6 Å². The van der Waals surface area contributed by atoms with E-state index >= 15 is 0 Å². The van der Waals surface area contributed by atoms with Gasteiger partial charge in [-0.25, -0.2) is 4.98 Å². The smallest absolute Gasteiger partial charge is 0.184 e. The summed E-state index contributed by atoms with van der Waals surface area (Å²) in [5.74, 6) is 0.831. The standard InChI is InChI=1S/C9H14ClN3S/c10-8-6-14-9(13-8)12-4-2-7-1-3-11-5-7/h6-7,11H,1-5H2,(H,12,13). The summed E-state index contributed by atoms with van der Waals surface area (Å²) in [4.78, 5) is 4.13. The molecule has 1 unspecified atom stereocenters. The highest BCUT2D eigenvalue weighted by Crippen LogP contribution is 2.19. The quantitative estimate of drug-likeness (QED) is 0.835. The highest BCUT2D eigenvalue weighted by Gasteiger charge is 2.13. The number of aromatic nitrogens is 1.